The monoisotopic (exact) mass is 349 g/mol. The molecule has 2 heterocycles. The Morgan fingerprint density at radius 2 is 1.50 bits per heavy atom. The molecule has 1 aromatic rings. The highest BCUT2D eigenvalue weighted by Gasteiger charge is 2.26. The van der Waals surface area contributed by atoms with Crippen LogP contribution in [0.15, 0.2) is 35.2 Å². The molecular formula is C18H27N3O2S. The van der Waals surface area contributed by atoms with E-state index in [0.29, 0.717) is 5.75 Å². The molecule has 2 aliphatic rings. The van der Waals surface area contributed by atoms with E-state index in [0.717, 1.165) is 63.6 Å². The fourth-order valence-corrected chi connectivity index (χ4v) is 4.47. The first-order chi connectivity index (χ1) is 11.7. The van der Waals surface area contributed by atoms with Gasteiger partial charge >= 0.3 is 6.03 Å². The number of hydrogen-bond donors (Lipinski definition) is 0. The molecule has 1 aromatic carbocycles. The Morgan fingerprint density at radius 1 is 0.875 bits per heavy atom. The van der Waals surface area contributed by atoms with Crippen molar-refractivity contribution in [3.63, 3.8) is 0 Å². The molecule has 1 atom stereocenters. The van der Waals surface area contributed by atoms with Crippen molar-refractivity contribution < 1.29 is 9.00 Å². The van der Waals surface area contributed by atoms with E-state index < -0.39 is 10.8 Å². The van der Waals surface area contributed by atoms with Gasteiger partial charge in [0, 0.05) is 56.5 Å². The maximum absolute atomic E-state index is 12.5. The zero-order valence-corrected chi connectivity index (χ0v) is 15.0. The lowest BCUT2D eigenvalue weighted by Gasteiger charge is -2.38. The van der Waals surface area contributed by atoms with Gasteiger partial charge in [-0.2, -0.15) is 0 Å². The van der Waals surface area contributed by atoms with Crippen LogP contribution in [0.3, 0.4) is 0 Å². The van der Waals surface area contributed by atoms with E-state index in [-0.39, 0.29) is 6.03 Å². The van der Waals surface area contributed by atoms with Crippen LogP contribution in [0.5, 0.6) is 0 Å². The average Bonchev–Trinajstić information content (AvgIpc) is 2.67. The van der Waals surface area contributed by atoms with Gasteiger partial charge in [-0.25, -0.2) is 4.79 Å². The summed E-state index contributed by atoms with van der Waals surface area (Å²) in [6, 6.07) is 9.86. The van der Waals surface area contributed by atoms with Gasteiger partial charge < -0.3 is 9.80 Å². The molecule has 6 heteroatoms. The smallest absolute Gasteiger partial charge is 0.320 e. The summed E-state index contributed by atoms with van der Waals surface area (Å²) < 4.78 is 12.3. The highest BCUT2D eigenvalue weighted by molar-refractivity contribution is 7.85. The van der Waals surface area contributed by atoms with Crippen molar-refractivity contribution in [2.45, 2.75) is 24.2 Å². The number of likely N-dealkylation sites (tertiary alicyclic amines) is 1. The number of amides is 2. The molecule has 2 fully saturated rings. The quantitative estimate of drug-likeness (QED) is 0.835. The fraction of sp³-hybridized carbons (Fsp3) is 0.611. The lowest BCUT2D eigenvalue weighted by molar-refractivity contribution is 0.109. The topological polar surface area (TPSA) is 43.9 Å². The SMILES string of the molecule is O=C(N1CCCCC1)N1CCN(CC[S@@](=O)c2ccccc2)CC1. The molecule has 5 nitrogen and oxygen atoms in total. The lowest BCUT2D eigenvalue weighted by atomic mass is 10.1. The third kappa shape index (κ3) is 4.57. The van der Waals surface area contributed by atoms with Crippen molar-refractivity contribution in [3.8, 4) is 0 Å². The van der Waals surface area contributed by atoms with Gasteiger partial charge in [-0.1, -0.05) is 18.2 Å². The van der Waals surface area contributed by atoms with Crippen LogP contribution in [0.1, 0.15) is 19.3 Å². The summed E-state index contributed by atoms with van der Waals surface area (Å²) in [7, 11) is -0.937. The van der Waals surface area contributed by atoms with Crippen LogP contribution in [0, 0.1) is 0 Å². The minimum Gasteiger partial charge on any atom is -0.325 e. The third-order valence-corrected chi connectivity index (χ3v) is 6.22. The Kier molecular flexibility index (Phi) is 6.26. The van der Waals surface area contributed by atoms with Crippen LogP contribution >= 0.6 is 0 Å². The van der Waals surface area contributed by atoms with Gasteiger partial charge in [0.1, 0.15) is 0 Å². The molecule has 3 rings (SSSR count). The number of nitrogens with zero attached hydrogens (tertiary/aromatic N) is 3. The Bertz CT molecular complexity index is 553. The number of hydrogen-bond acceptors (Lipinski definition) is 3. The van der Waals surface area contributed by atoms with Gasteiger partial charge in [0.25, 0.3) is 0 Å². The van der Waals surface area contributed by atoms with Gasteiger partial charge in [0.2, 0.25) is 0 Å². The maximum Gasteiger partial charge on any atom is 0.320 e. The normalized spacial score (nSPS) is 20.8. The molecule has 0 aliphatic carbocycles. The number of carbonyl (C=O) groups is 1. The Labute approximate surface area is 147 Å². The van der Waals surface area contributed by atoms with Crippen molar-refractivity contribution in [1.82, 2.24) is 14.7 Å². The summed E-state index contributed by atoms with van der Waals surface area (Å²) >= 11 is 0. The first-order valence-corrected chi connectivity index (χ1v) is 10.3. The van der Waals surface area contributed by atoms with Crippen LogP contribution in [0.2, 0.25) is 0 Å². The number of piperidine rings is 1. The Balaban J connectivity index is 1.40. The van der Waals surface area contributed by atoms with Crippen LogP contribution in [-0.4, -0.2) is 76.5 Å². The molecule has 0 bridgehead atoms. The van der Waals surface area contributed by atoms with E-state index in [9.17, 15) is 9.00 Å². The molecule has 0 radical (unpaired) electrons. The standard InChI is InChI=1S/C18H27N3O2S/c22-18(20-9-5-2-6-10-20)21-13-11-19(12-14-21)15-16-24(23)17-7-3-1-4-8-17/h1,3-4,7-8H,2,5-6,9-16H2/t24-/m1/s1. The molecule has 2 saturated heterocycles. The Morgan fingerprint density at radius 3 is 2.17 bits per heavy atom. The zero-order valence-electron chi connectivity index (χ0n) is 14.2. The van der Waals surface area contributed by atoms with Gasteiger partial charge in [0.15, 0.2) is 0 Å². The molecule has 2 aliphatic heterocycles. The largest absolute Gasteiger partial charge is 0.325 e. The summed E-state index contributed by atoms with van der Waals surface area (Å²) in [4.78, 5) is 19.7. The minimum atomic E-state index is -0.937. The van der Waals surface area contributed by atoms with Crippen molar-refractivity contribution in [1.29, 1.82) is 0 Å². The highest BCUT2D eigenvalue weighted by atomic mass is 32.2. The summed E-state index contributed by atoms with van der Waals surface area (Å²) in [5.41, 5.74) is 0. The second kappa shape index (κ2) is 8.62. The number of benzene rings is 1. The third-order valence-electron chi connectivity index (χ3n) is 4.87. The molecule has 2 amide bonds. The van der Waals surface area contributed by atoms with Gasteiger partial charge in [-0.15, -0.1) is 0 Å². The Hall–Kier alpha value is -1.40. The number of piperazine rings is 1. The first kappa shape index (κ1) is 17.4. The number of carbonyl (C=O) groups excluding carboxylic acids is 1. The second-order valence-corrected chi connectivity index (χ2v) is 8.09. The van der Waals surface area contributed by atoms with Gasteiger partial charge in [-0.05, 0) is 31.4 Å². The van der Waals surface area contributed by atoms with Crippen LogP contribution in [0.25, 0.3) is 0 Å². The fourth-order valence-electron chi connectivity index (χ4n) is 3.35. The van der Waals surface area contributed by atoms with E-state index >= 15 is 0 Å². The molecule has 0 spiro atoms. The van der Waals surface area contributed by atoms with Gasteiger partial charge in [0.05, 0.1) is 10.8 Å². The predicted molar refractivity (Wildman–Crippen MR) is 96.6 cm³/mol. The number of urea groups is 1. The van der Waals surface area contributed by atoms with Crippen LogP contribution in [0.4, 0.5) is 4.79 Å². The van der Waals surface area contributed by atoms with Crippen molar-refractivity contribution in [2.24, 2.45) is 0 Å². The minimum absolute atomic E-state index is 0.210. The molecule has 0 unspecified atom stereocenters. The molecule has 24 heavy (non-hydrogen) atoms. The van der Waals surface area contributed by atoms with Crippen molar-refractivity contribution in [3.05, 3.63) is 30.3 Å². The molecule has 0 aromatic heterocycles. The molecule has 0 N–H and O–H groups in total. The van der Waals surface area contributed by atoms with E-state index in [2.05, 4.69) is 4.90 Å². The summed E-state index contributed by atoms with van der Waals surface area (Å²) in [5, 5.41) is 0. The van der Waals surface area contributed by atoms with E-state index in [1.165, 1.54) is 6.42 Å². The van der Waals surface area contributed by atoms with E-state index in [4.69, 9.17) is 0 Å². The molecule has 132 valence electrons. The highest BCUT2D eigenvalue weighted by Crippen LogP contribution is 2.13. The summed E-state index contributed by atoms with van der Waals surface area (Å²) in [6.07, 6.45) is 3.52. The first-order valence-electron chi connectivity index (χ1n) is 8.94. The van der Waals surface area contributed by atoms with Crippen molar-refractivity contribution >= 4 is 16.8 Å². The van der Waals surface area contributed by atoms with E-state index in [1.54, 1.807) is 0 Å². The summed E-state index contributed by atoms with van der Waals surface area (Å²) in [5.74, 6) is 0.657. The van der Waals surface area contributed by atoms with E-state index in [1.807, 2.05) is 40.1 Å². The van der Waals surface area contributed by atoms with Crippen LogP contribution in [-0.2, 0) is 10.8 Å². The predicted octanol–water partition coefficient (Wildman–Crippen LogP) is 2.02. The lowest BCUT2D eigenvalue weighted by Crippen LogP contribution is -2.54. The summed E-state index contributed by atoms with van der Waals surface area (Å²) in [6.45, 7) is 5.98. The molecular weight excluding hydrogens is 322 g/mol. The maximum atomic E-state index is 12.5. The van der Waals surface area contributed by atoms with Crippen molar-refractivity contribution in [2.75, 3.05) is 51.6 Å². The second-order valence-electron chi connectivity index (χ2n) is 6.52. The average molecular weight is 350 g/mol. The molecule has 0 saturated carbocycles. The van der Waals surface area contributed by atoms with Crippen LogP contribution < -0.4 is 0 Å². The number of rotatable bonds is 4. The zero-order chi connectivity index (χ0) is 16.8. The van der Waals surface area contributed by atoms with Gasteiger partial charge in [-0.3, -0.25) is 9.11 Å².